The normalized spacial score (nSPS) is 14.9. The minimum absolute atomic E-state index is 0.0267. The number of H-pyrrole nitrogens is 2. The standard InChI is InChI=1S/C25H31N7O8/c1-12(33)21(24(38)31-19(25(39)40)6-13-9-28-17-5-3-2-4-15(13)17)32-23(37)18(8-20(34)35)30-22(36)16(26)7-14-10-27-11-29-14/h2-5,9-12,16,18-19,21,28,33H,6-8,26H2,1H3,(H,27,29)(H,30,36)(H,31,38)(H,32,37)(H,34,35)(H,39,40). The minimum Gasteiger partial charge on any atom is -0.481 e. The number of benzene rings is 1. The van der Waals surface area contributed by atoms with Crippen molar-refractivity contribution < 1.29 is 39.3 Å². The van der Waals surface area contributed by atoms with E-state index in [0.29, 0.717) is 11.3 Å². The Morgan fingerprint density at radius 3 is 2.27 bits per heavy atom. The van der Waals surface area contributed by atoms with Gasteiger partial charge in [-0.2, -0.15) is 0 Å². The highest BCUT2D eigenvalue weighted by atomic mass is 16.4. The van der Waals surface area contributed by atoms with E-state index in [9.17, 15) is 39.3 Å². The van der Waals surface area contributed by atoms with Gasteiger partial charge in [-0.1, -0.05) is 18.2 Å². The molecule has 0 aliphatic rings. The minimum atomic E-state index is -1.66. The first-order valence-corrected chi connectivity index (χ1v) is 12.3. The van der Waals surface area contributed by atoms with Crippen molar-refractivity contribution in [2.45, 2.75) is 56.5 Å². The molecule has 0 fully saturated rings. The quantitative estimate of drug-likeness (QED) is 0.110. The van der Waals surface area contributed by atoms with E-state index in [1.54, 1.807) is 18.3 Å². The second-order valence-electron chi connectivity index (χ2n) is 9.24. The van der Waals surface area contributed by atoms with E-state index < -0.39 is 66.4 Å². The Hall–Kier alpha value is -4.76. The number of amides is 3. The van der Waals surface area contributed by atoms with Crippen molar-refractivity contribution in [1.29, 1.82) is 0 Å². The zero-order chi connectivity index (χ0) is 29.4. The Morgan fingerprint density at radius 1 is 0.950 bits per heavy atom. The Kier molecular flexibility index (Phi) is 9.94. The molecule has 2 aromatic heterocycles. The molecule has 5 unspecified atom stereocenters. The summed E-state index contributed by atoms with van der Waals surface area (Å²) >= 11 is 0. The molecular weight excluding hydrogens is 526 g/mol. The number of carbonyl (C=O) groups is 5. The van der Waals surface area contributed by atoms with Crippen LogP contribution in [-0.2, 0) is 36.8 Å². The first-order chi connectivity index (χ1) is 19.0. The Bertz CT molecular complexity index is 1350. The Morgan fingerprint density at radius 2 is 1.65 bits per heavy atom. The van der Waals surface area contributed by atoms with Gasteiger partial charge in [0.2, 0.25) is 17.7 Å². The number of nitrogens with two attached hydrogens (primary N) is 1. The highest BCUT2D eigenvalue weighted by Crippen LogP contribution is 2.19. The van der Waals surface area contributed by atoms with Gasteiger partial charge in [-0.05, 0) is 18.6 Å². The van der Waals surface area contributed by atoms with Gasteiger partial charge in [0.15, 0.2) is 0 Å². The van der Waals surface area contributed by atoms with Crippen LogP contribution in [0.25, 0.3) is 10.9 Å². The second-order valence-corrected chi connectivity index (χ2v) is 9.24. The number of rotatable bonds is 14. The summed E-state index contributed by atoms with van der Waals surface area (Å²) in [6, 6.07) is 1.31. The molecule has 0 radical (unpaired) electrons. The predicted octanol–water partition coefficient (Wildman–Crippen LogP) is -1.60. The summed E-state index contributed by atoms with van der Waals surface area (Å²) in [5.74, 6) is -5.72. The number of fused-ring (bicyclic) bond motifs is 1. The lowest BCUT2D eigenvalue weighted by atomic mass is 10.0. The smallest absolute Gasteiger partial charge is 0.326 e. The van der Waals surface area contributed by atoms with Crippen LogP contribution in [0.5, 0.6) is 0 Å². The number of aromatic amines is 2. The van der Waals surface area contributed by atoms with Crippen LogP contribution < -0.4 is 21.7 Å². The molecule has 0 saturated heterocycles. The first kappa shape index (κ1) is 29.8. The Labute approximate surface area is 227 Å². The molecule has 3 aromatic rings. The SMILES string of the molecule is CC(O)C(NC(=O)C(CC(=O)O)NC(=O)C(N)Cc1cnc[nH]1)C(=O)NC(Cc1c[nH]c2ccccc12)C(=O)O. The fraction of sp³-hybridized carbons (Fsp3) is 0.360. The maximum Gasteiger partial charge on any atom is 0.326 e. The number of hydrogen-bond donors (Lipinski definition) is 9. The molecule has 5 atom stereocenters. The summed E-state index contributed by atoms with van der Waals surface area (Å²) in [5.41, 5.74) is 7.79. The average molecular weight is 558 g/mol. The van der Waals surface area contributed by atoms with Crippen molar-refractivity contribution >= 4 is 40.6 Å². The molecule has 15 nitrogen and oxygen atoms in total. The lowest BCUT2D eigenvalue weighted by Gasteiger charge is -2.26. The number of aromatic nitrogens is 3. The zero-order valence-corrected chi connectivity index (χ0v) is 21.5. The molecular formula is C25H31N7O8. The third kappa shape index (κ3) is 7.87. The number of aliphatic hydroxyl groups excluding tert-OH is 1. The summed E-state index contributed by atoms with van der Waals surface area (Å²) < 4.78 is 0. The number of carboxylic acids is 2. The summed E-state index contributed by atoms with van der Waals surface area (Å²) in [6.07, 6.45) is 2.03. The highest BCUT2D eigenvalue weighted by molar-refractivity contribution is 5.96. The number of imidazole rings is 1. The van der Waals surface area contributed by atoms with Crippen LogP contribution in [-0.4, -0.2) is 90.2 Å². The maximum atomic E-state index is 13.0. The molecule has 0 bridgehead atoms. The lowest BCUT2D eigenvalue weighted by Crippen LogP contribution is -2.60. The van der Waals surface area contributed by atoms with E-state index in [1.807, 2.05) is 12.1 Å². The molecule has 3 rings (SSSR count). The average Bonchev–Trinajstić information content (AvgIpc) is 3.55. The molecule has 214 valence electrons. The van der Waals surface area contributed by atoms with E-state index in [-0.39, 0.29) is 12.8 Å². The molecule has 40 heavy (non-hydrogen) atoms. The van der Waals surface area contributed by atoms with Gasteiger partial charge in [0.1, 0.15) is 18.1 Å². The van der Waals surface area contributed by atoms with Crippen molar-refractivity contribution in [3.8, 4) is 0 Å². The summed E-state index contributed by atoms with van der Waals surface area (Å²) in [7, 11) is 0. The van der Waals surface area contributed by atoms with Crippen LogP contribution >= 0.6 is 0 Å². The van der Waals surface area contributed by atoms with E-state index in [1.165, 1.54) is 19.4 Å². The van der Waals surface area contributed by atoms with E-state index in [0.717, 1.165) is 10.9 Å². The highest BCUT2D eigenvalue weighted by Gasteiger charge is 2.34. The van der Waals surface area contributed by atoms with E-state index in [2.05, 4.69) is 30.9 Å². The number of para-hydroxylation sites is 1. The van der Waals surface area contributed by atoms with Crippen LogP contribution in [0.4, 0.5) is 0 Å². The van der Waals surface area contributed by atoms with Crippen molar-refractivity contribution in [2.75, 3.05) is 0 Å². The molecule has 10 N–H and O–H groups in total. The first-order valence-electron chi connectivity index (χ1n) is 12.3. The van der Waals surface area contributed by atoms with Crippen LogP contribution in [0.15, 0.2) is 43.0 Å². The second kappa shape index (κ2) is 13.3. The topological polar surface area (TPSA) is 253 Å². The van der Waals surface area contributed by atoms with E-state index >= 15 is 0 Å². The number of nitrogens with one attached hydrogen (secondary N) is 5. The molecule has 2 heterocycles. The maximum absolute atomic E-state index is 13.0. The van der Waals surface area contributed by atoms with Crippen LogP contribution in [0.2, 0.25) is 0 Å². The Balaban J connectivity index is 1.69. The monoisotopic (exact) mass is 557 g/mol. The molecule has 0 aliphatic carbocycles. The van der Waals surface area contributed by atoms with Crippen LogP contribution in [0.1, 0.15) is 24.6 Å². The third-order valence-electron chi connectivity index (χ3n) is 6.12. The molecule has 0 spiro atoms. The zero-order valence-electron chi connectivity index (χ0n) is 21.5. The van der Waals surface area contributed by atoms with Crippen molar-refractivity contribution in [2.24, 2.45) is 5.73 Å². The predicted molar refractivity (Wildman–Crippen MR) is 140 cm³/mol. The number of aliphatic hydroxyl groups is 1. The molecule has 15 heteroatoms. The number of carboxylic acid groups (broad SMARTS) is 2. The van der Waals surface area contributed by atoms with E-state index in [4.69, 9.17) is 5.73 Å². The van der Waals surface area contributed by atoms with Crippen LogP contribution in [0, 0.1) is 0 Å². The van der Waals surface area contributed by atoms with Gasteiger partial charge < -0.3 is 47.0 Å². The van der Waals surface area contributed by atoms with Crippen molar-refractivity contribution in [3.63, 3.8) is 0 Å². The fourth-order valence-electron chi connectivity index (χ4n) is 4.03. The number of hydrogen-bond acceptors (Lipinski definition) is 8. The van der Waals surface area contributed by atoms with Crippen LogP contribution in [0.3, 0.4) is 0 Å². The number of aliphatic carboxylic acids is 2. The summed E-state index contributed by atoms with van der Waals surface area (Å²) in [4.78, 5) is 71.4. The van der Waals surface area contributed by atoms with Gasteiger partial charge in [-0.3, -0.25) is 19.2 Å². The van der Waals surface area contributed by atoms with Gasteiger partial charge in [-0.15, -0.1) is 0 Å². The lowest BCUT2D eigenvalue weighted by molar-refractivity contribution is -0.144. The largest absolute Gasteiger partial charge is 0.481 e. The molecule has 0 aliphatic heterocycles. The third-order valence-corrected chi connectivity index (χ3v) is 6.12. The molecule has 0 saturated carbocycles. The van der Waals surface area contributed by atoms with Gasteiger partial charge in [0.25, 0.3) is 0 Å². The van der Waals surface area contributed by atoms with Gasteiger partial charge in [-0.25, -0.2) is 9.78 Å². The fourth-order valence-corrected chi connectivity index (χ4v) is 4.03. The van der Waals surface area contributed by atoms with Gasteiger partial charge >= 0.3 is 11.9 Å². The van der Waals surface area contributed by atoms with Crippen molar-refractivity contribution in [3.05, 3.63) is 54.2 Å². The number of nitrogens with zero attached hydrogens (tertiary/aromatic N) is 1. The summed E-state index contributed by atoms with van der Waals surface area (Å²) in [5, 5.41) is 36.7. The van der Waals surface area contributed by atoms with Gasteiger partial charge in [0, 0.05) is 41.8 Å². The molecule has 3 amide bonds. The molecule has 1 aromatic carbocycles. The number of carbonyl (C=O) groups excluding carboxylic acids is 3. The van der Waals surface area contributed by atoms with Crippen molar-refractivity contribution in [1.82, 2.24) is 30.9 Å². The summed E-state index contributed by atoms with van der Waals surface area (Å²) in [6.45, 7) is 1.19. The van der Waals surface area contributed by atoms with Gasteiger partial charge in [0.05, 0.1) is 24.9 Å².